The van der Waals surface area contributed by atoms with E-state index in [-0.39, 0.29) is 11.6 Å². The Hall–Kier alpha value is -1.95. The molecule has 1 heterocycles. The number of aromatic nitrogens is 2. The van der Waals surface area contributed by atoms with Crippen molar-refractivity contribution in [2.24, 2.45) is 0 Å². The number of hydrogen-bond acceptors (Lipinski definition) is 4. The molecule has 98 valence electrons. The number of aryl methyl sites for hydroxylation is 2. The summed E-state index contributed by atoms with van der Waals surface area (Å²) in [4.78, 5) is 19.1. The van der Waals surface area contributed by atoms with Crippen LogP contribution in [0.3, 0.4) is 0 Å². The van der Waals surface area contributed by atoms with Gasteiger partial charge in [-0.15, -0.1) is 0 Å². The molecule has 0 bridgehead atoms. The van der Waals surface area contributed by atoms with E-state index in [2.05, 4.69) is 31.2 Å². The van der Waals surface area contributed by atoms with Crippen LogP contribution in [0.25, 0.3) is 0 Å². The second-order valence-corrected chi connectivity index (χ2v) is 5.02. The van der Waals surface area contributed by atoms with Crippen LogP contribution in [0, 0.1) is 13.8 Å². The van der Waals surface area contributed by atoms with Crippen molar-refractivity contribution in [3.63, 3.8) is 0 Å². The van der Waals surface area contributed by atoms with Gasteiger partial charge in [-0.25, -0.2) is 14.8 Å². The Bertz CT molecular complexity index is 644. The molecule has 1 aromatic heterocycles. The highest BCUT2D eigenvalue weighted by Crippen LogP contribution is 2.22. The van der Waals surface area contributed by atoms with Crippen LogP contribution >= 0.6 is 15.9 Å². The van der Waals surface area contributed by atoms with Crippen molar-refractivity contribution < 1.29 is 9.90 Å². The molecular formula is C13H12BrN3O2. The van der Waals surface area contributed by atoms with Crippen molar-refractivity contribution >= 4 is 33.5 Å². The predicted octanol–water partition coefficient (Wildman–Crippen LogP) is 3.30. The number of carbonyl (C=O) groups is 1. The van der Waals surface area contributed by atoms with Gasteiger partial charge < -0.3 is 10.4 Å². The van der Waals surface area contributed by atoms with E-state index in [4.69, 9.17) is 5.11 Å². The fraction of sp³-hybridized carbons (Fsp3) is 0.154. The maximum absolute atomic E-state index is 10.9. The SMILES string of the molecule is Cc1cc(C(=O)O)nc(Nc2ccc(Br)cc2C)n1. The maximum atomic E-state index is 10.9. The number of halogens is 1. The zero-order valence-electron chi connectivity index (χ0n) is 10.4. The Kier molecular flexibility index (Phi) is 3.80. The van der Waals surface area contributed by atoms with Crippen molar-refractivity contribution in [1.29, 1.82) is 0 Å². The molecule has 0 spiro atoms. The number of aromatic carboxylic acids is 1. The summed E-state index contributed by atoms with van der Waals surface area (Å²) in [6, 6.07) is 7.16. The number of anilines is 2. The molecule has 0 aliphatic carbocycles. The summed E-state index contributed by atoms with van der Waals surface area (Å²) in [5.41, 5.74) is 2.43. The van der Waals surface area contributed by atoms with Gasteiger partial charge in [-0.1, -0.05) is 15.9 Å². The highest BCUT2D eigenvalue weighted by atomic mass is 79.9. The van der Waals surface area contributed by atoms with Crippen molar-refractivity contribution in [1.82, 2.24) is 9.97 Å². The molecule has 0 saturated carbocycles. The Balaban J connectivity index is 2.35. The predicted molar refractivity (Wildman–Crippen MR) is 75.9 cm³/mol. The lowest BCUT2D eigenvalue weighted by molar-refractivity contribution is 0.0690. The minimum absolute atomic E-state index is 0.0234. The Morgan fingerprint density at radius 2 is 2.00 bits per heavy atom. The Morgan fingerprint density at radius 1 is 1.26 bits per heavy atom. The molecule has 0 unspecified atom stereocenters. The standard InChI is InChI=1S/C13H12BrN3O2/c1-7-5-9(14)3-4-10(7)16-13-15-8(2)6-11(17-13)12(18)19/h3-6H,1-2H3,(H,18,19)(H,15,16,17). The molecule has 2 rings (SSSR count). The topological polar surface area (TPSA) is 75.1 Å². The van der Waals surface area contributed by atoms with Crippen LogP contribution in [0.2, 0.25) is 0 Å². The Labute approximate surface area is 118 Å². The number of carboxylic acids is 1. The van der Waals surface area contributed by atoms with Crippen molar-refractivity contribution in [3.8, 4) is 0 Å². The van der Waals surface area contributed by atoms with Gasteiger partial charge in [0, 0.05) is 15.9 Å². The largest absolute Gasteiger partial charge is 0.477 e. The number of hydrogen-bond donors (Lipinski definition) is 2. The van der Waals surface area contributed by atoms with E-state index in [1.54, 1.807) is 6.92 Å². The first-order chi connectivity index (χ1) is 8.95. The molecule has 0 aliphatic heterocycles. The summed E-state index contributed by atoms with van der Waals surface area (Å²) in [5, 5.41) is 12.0. The number of nitrogens with one attached hydrogen (secondary N) is 1. The number of rotatable bonds is 3. The average molecular weight is 322 g/mol. The van der Waals surface area contributed by atoms with E-state index < -0.39 is 5.97 Å². The van der Waals surface area contributed by atoms with E-state index >= 15 is 0 Å². The van der Waals surface area contributed by atoms with Gasteiger partial charge in [0.2, 0.25) is 5.95 Å². The van der Waals surface area contributed by atoms with Crippen LogP contribution in [0.5, 0.6) is 0 Å². The first-order valence-electron chi connectivity index (χ1n) is 5.58. The summed E-state index contributed by atoms with van der Waals surface area (Å²) in [6.07, 6.45) is 0. The quantitative estimate of drug-likeness (QED) is 0.907. The van der Waals surface area contributed by atoms with Crippen LogP contribution in [-0.2, 0) is 0 Å². The average Bonchev–Trinajstić information content (AvgIpc) is 2.32. The summed E-state index contributed by atoms with van der Waals surface area (Å²) < 4.78 is 0.979. The number of nitrogens with zero attached hydrogens (tertiary/aromatic N) is 2. The number of benzene rings is 1. The van der Waals surface area contributed by atoms with Crippen LogP contribution in [-0.4, -0.2) is 21.0 Å². The molecule has 0 saturated heterocycles. The lowest BCUT2D eigenvalue weighted by atomic mass is 10.2. The summed E-state index contributed by atoms with van der Waals surface area (Å²) in [6.45, 7) is 3.68. The molecular weight excluding hydrogens is 310 g/mol. The molecule has 0 radical (unpaired) electrons. The first kappa shape index (κ1) is 13.5. The summed E-state index contributed by atoms with van der Waals surface area (Å²) >= 11 is 3.39. The molecule has 5 nitrogen and oxygen atoms in total. The van der Waals surface area contributed by atoms with Gasteiger partial charge in [-0.05, 0) is 43.7 Å². The van der Waals surface area contributed by atoms with E-state index in [0.717, 1.165) is 15.7 Å². The fourth-order valence-electron chi connectivity index (χ4n) is 1.62. The van der Waals surface area contributed by atoms with Crippen LogP contribution in [0.1, 0.15) is 21.7 Å². The molecule has 6 heteroatoms. The van der Waals surface area contributed by atoms with E-state index in [1.807, 2.05) is 25.1 Å². The van der Waals surface area contributed by atoms with Crippen molar-refractivity contribution in [2.75, 3.05) is 5.32 Å². The van der Waals surface area contributed by atoms with Crippen molar-refractivity contribution in [3.05, 3.63) is 45.7 Å². The normalized spacial score (nSPS) is 10.3. The number of carboxylic acid groups (broad SMARTS) is 1. The minimum Gasteiger partial charge on any atom is -0.477 e. The minimum atomic E-state index is -1.07. The molecule has 2 N–H and O–H groups in total. The van der Waals surface area contributed by atoms with Gasteiger partial charge in [0.05, 0.1) is 0 Å². The van der Waals surface area contributed by atoms with Crippen LogP contribution in [0.4, 0.5) is 11.6 Å². The van der Waals surface area contributed by atoms with E-state index in [1.165, 1.54) is 6.07 Å². The fourth-order valence-corrected chi connectivity index (χ4v) is 2.10. The smallest absolute Gasteiger partial charge is 0.354 e. The van der Waals surface area contributed by atoms with Gasteiger partial charge in [0.25, 0.3) is 0 Å². The Morgan fingerprint density at radius 3 is 2.63 bits per heavy atom. The summed E-state index contributed by atoms with van der Waals surface area (Å²) in [5.74, 6) is -0.788. The molecule has 0 atom stereocenters. The van der Waals surface area contributed by atoms with Gasteiger partial charge in [0.1, 0.15) is 0 Å². The molecule has 0 fully saturated rings. The van der Waals surface area contributed by atoms with Crippen molar-refractivity contribution in [2.45, 2.75) is 13.8 Å². The third-order valence-electron chi connectivity index (χ3n) is 2.51. The highest BCUT2D eigenvalue weighted by molar-refractivity contribution is 9.10. The van der Waals surface area contributed by atoms with Gasteiger partial charge in [-0.3, -0.25) is 0 Å². The highest BCUT2D eigenvalue weighted by Gasteiger charge is 2.09. The monoisotopic (exact) mass is 321 g/mol. The van der Waals surface area contributed by atoms with Crippen LogP contribution < -0.4 is 5.32 Å². The first-order valence-corrected chi connectivity index (χ1v) is 6.37. The lowest BCUT2D eigenvalue weighted by Gasteiger charge is -2.09. The van der Waals surface area contributed by atoms with E-state index in [9.17, 15) is 4.79 Å². The molecule has 1 aromatic carbocycles. The second kappa shape index (κ2) is 5.36. The van der Waals surface area contributed by atoms with Gasteiger partial charge >= 0.3 is 5.97 Å². The van der Waals surface area contributed by atoms with Gasteiger partial charge in [-0.2, -0.15) is 0 Å². The zero-order chi connectivity index (χ0) is 14.0. The molecule has 0 amide bonds. The van der Waals surface area contributed by atoms with E-state index in [0.29, 0.717) is 5.69 Å². The van der Waals surface area contributed by atoms with Crippen LogP contribution in [0.15, 0.2) is 28.7 Å². The third kappa shape index (κ3) is 3.29. The molecule has 2 aromatic rings. The maximum Gasteiger partial charge on any atom is 0.354 e. The second-order valence-electron chi connectivity index (χ2n) is 4.11. The lowest BCUT2D eigenvalue weighted by Crippen LogP contribution is -2.07. The zero-order valence-corrected chi connectivity index (χ0v) is 12.0. The molecule has 19 heavy (non-hydrogen) atoms. The third-order valence-corrected chi connectivity index (χ3v) is 3.00. The summed E-state index contributed by atoms with van der Waals surface area (Å²) in [7, 11) is 0. The molecule has 0 aliphatic rings. The van der Waals surface area contributed by atoms with Gasteiger partial charge in [0.15, 0.2) is 5.69 Å².